The Labute approximate surface area is 227 Å². The number of benzene rings is 1. The van der Waals surface area contributed by atoms with Crippen molar-refractivity contribution in [2.75, 3.05) is 39.3 Å². The zero-order chi connectivity index (χ0) is 28.1. The first-order valence-corrected chi connectivity index (χ1v) is 14.0. The number of aliphatic hydroxyl groups is 1. The van der Waals surface area contributed by atoms with Crippen LogP contribution in [0.2, 0.25) is 0 Å². The molecule has 0 radical (unpaired) electrons. The second kappa shape index (κ2) is 16.5. The molecule has 3 atom stereocenters. The molecule has 2 rings (SSSR count). The van der Waals surface area contributed by atoms with Crippen LogP contribution in [-0.2, 0) is 17.6 Å². The average Bonchev–Trinajstić information content (AvgIpc) is 2.91. The summed E-state index contributed by atoms with van der Waals surface area (Å²) in [6.45, 7) is 7.75. The molecule has 0 saturated heterocycles. The van der Waals surface area contributed by atoms with E-state index < -0.39 is 23.0 Å². The smallest absolute Gasteiger partial charge is 0.249 e. The number of nitrogens with one attached hydrogen (secondary N) is 1. The summed E-state index contributed by atoms with van der Waals surface area (Å²) < 4.78 is 16.5. The molecule has 2 aromatic rings. The van der Waals surface area contributed by atoms with Gasteiger partial charge in [0.15, 0.2) is 11.5 Å². The van der Waals surface area contributed by atoms with E-state index in [9.17, 15) is 14.7 Å². The first-order chi connectivity index (χ1) is 18.2. The van der Waals surface area contributed by atoms with Gasteiger partial charge in [0.1, 0.15) is 0 Å². The SMILES string of the molecule is CCCCCCc1c(NC[C@H](O)[C@@H](N)C[C@H](Cc2ccc(OC)c(OCCCOC)c2)C(C)C)c(=O)c1=O. The molecule has 8 nitrogen and oxygen atoms in total. The van der Waals surface area contributed by atoms with Crippen molar-refractivity contribution in [3.8, 4) is 11.5 Å². The quantitative estimate of drug-likeness (QED) is 0.174. The molecule has 214 valence electrons. The number of ether oxygens (including phenoxy) is 3. The van der Waals surface area contributed by atoms with Crippen LogP contribution in [0, 0.1) is 11.8 Å². The van der Waals surface area contributed by atoms with E-state index in [1.54, 1.807) is 14.2 Å². The zero-order valence-corrected chi connectivity index (χ0v) is 23.9. The maximum absolute atomic E-state index is 12.1. The van der Waals surface area contributed by atoms with Gasteiger partial charge in [0.2, 0.25) is 10.9 Å². The van der Waals surface area contributed by atoms with Gasteiger partial charge in [0.05, 0.1) is 25.5 Å². The Morgan fingerprint density at radius 3 is 2.42 bits per heavy atom. The third-order valence-corrected chi connectivity index (χ3v) is 7.27. The number of nitrogens with two attached hydrogens (primary N) is 1. The molecule has 0 spiro atoms. The van der Waals surface area contributed by atoms with E-state index >= 15 is 0 Å². The van der Waals surface area contributed by atoms with Crippen LogP contribution in [0.15, 0.2) is 27.8 Å². The maximum atomic E-state index is 12.1. The Hall–Kier alpha value is -2.42. The summed E-state index contributed by atoms with van der Waals surface area (Å²) in [4.78, 5) is 24.1. The van der Waals surface area contributed by atoms with E-state index in [0.717, 1.165) is 44.1 Å². The lowest BCUT2D eigenvalue weighted by molar-refractivity contribution is 0.137. The van der Waals surface area contributed by atoms with Gasteiger partial charge in [-0.15, -0.1) is 0 Å². The van der Waals surface area contributed by atoms with Crippen LogP contribution < -0.4 is 31.4 Å². The number of hydrogen-bond acceptors (Lipinski definition) is 8. The van der Waals surface area contributed by atoms with Crippen LogP contribution in [0.25, 0.3) is 0 Å². The van der Waals surface area contributed by atoms with Gasteiger partial charge in [0.25, 0.3) is 0 Å². The molecule has 38 heavy (non-hydrogen) atoms. The van der Waals surface area contributed by atoms with Gasteiger partial charge in [-0.2, -0.15) is 0 Å². The lowest BCUT2D eigenvalue weighted by atomic mass is 9.83. The predicted molar refractivity (Wildman–Crippen MR) is 153 cm³/mol. The number of hydrogen-bond donors (Lipinski definition) is 3. The maximum Gasteiger partial charge on any atom is 0.249 e. The third-order valence-electron chi connectivity index (χ3n) is 7.27. The Morgan fingerprint density at radius 2 is 1.76 bits per heavy atom. The molecular formula is C30H48N2O6. The molecule has 4 N–H and O–H groups in total. The van der Waals surface area contributed by atoms with Crippen LogP contribution in [0.1, 0.15) is 70.4 Å². The van der Waals surface area contributed by atoms with Gasteiger partial charge >= 0.3 is 0 Å². The molecular weight excluding hydrogens is 484 g/mol. The molecule has 0 unspecified atom stereocenters. The summed E-state index contributed by atoms with van der Waals surface area (Å²) in [5, 5.41) is 13.8. The normalized spacial score (nSPS) is 14.0. The number of anilines is 1. The molecule has 0 fully saturated rings. The van der Waals surface area contributed by atoms with Gasteiger partial charge in [0, 0.05) is 38.3 Å². The lowest BCUT2D eigenvalue weighted by Gasteiger charge is -2.28. The third kappa shape index (κ3) is 9.40. The van der Waals surface area contributed by atoms with E-state index in [1.807, 2.05) is 18.2 Å². The topological polar surface area (TPSA) is 120 Å². The monoisotopic (exact) mass is 532 g/mol. The summed E-state index contributed by atoms with van der Waals surface area (Å²) in [5.41, 5.74) is 7.56. The van der Waals surface area contributed by atoms with Crippen LogP contribution in [0.5, 0.6) is 11.5 Å². The fourth-order valence-electron chi connectivity index (χ4n) is 4.70. The van der Waals surface area contributed by atoms with Gasteiger partial charge in [-0.3, -0.25) is 9.59 Å². The van der Waals surface area contributed by atoms with Crippen molar-refractivity contribution in [2.45, 2.75) is 84.3 Å². The number of rotatable bonds is 20. The van der Waals surface area contributed by atoms with Gasteiger partial charge < -0.3 is 30.4 Å². The molecule has 0 saturated carbocycles. The van der Waals surface area contributed by atoms with Gasteiger partial charge in [-0.1, -0.05) is 46.1 Å². The zero-order valence-electron chi connectivity index (χ0n) is 23.9. The Morgan fingerprint density at radius 1 is 1.00 bits per heavy atom. The van der Waals surface area contributed by atoms with E-state index in [2.05, 4.69) is 26.1 Å². The molecule has 8 heteroatoms. The summed E-state index contributed by atoms with van der Waals surface area (Å²) in [6.07, 6.45) is 6.09. The Kier molecular flexibility index (Phi) is 13.8. The highest BCUT2D eigenvalue weighted by molar-refractivity contribution is 5.56. The molecule has 2 aromatic carbocycles. The standard InChI is InChI=1S/C30H48N2O6/c1-6-7-8-9-11-23-28(30(35)29(23)34)32-19-25(33)24(31)18-22(20(2)3)16-21-12-13-26(37-5)27(17-21)38-15-10-14-36-4/h12-13,17,20,22,24-25,32-33H,6-11,14-16,18-19,31H2,1-5H3/t22-,24-,25-/m0/s1. The van der Waals surface area contributed by atoms with Crippen molar-refractivity contribution in [1.29, 1.82) is 0 Å². The Balaban J connectivity index is 1.96. The van der Waals surface area contributed by atoms with Gasteiger partial charge in [-0.25, -0.2) is 0 Å². The molecule has 0 aliphatic heterocycles. The minimum absolute atomic E-state index is 0.140. The number of aliphatic hydroxyl groups excluding tert-OH is 1. The summed E-state index contributed by atoms with van der Waals surface area (Å²) in [7, 11) is 3.30. The minimum atomic E-state index is -0.843. The molecule has 0 bridgehead atoms. The fourth-order valence-corrected chi connectivity index (χ4v) is 4.70. The highest BCUT2D eigenvalue weighted by Gasteiger charge is 2.25. The first kappa shape index (κ1) is 31.8. The van der Waals surface area contributed by atoms with Crippen molar-refractivity contribution in [2.24, 2.45) is 17.6 Å². The summed E-state index contributed by atoms with van der Waals surface area (Å²) in [6, 6.07) is 5.49. The second-order valence-corrected chi connectivity index (χ2v) is 10.6. The molecule has 0 aliphatic carbocycles. The van der Waals surface area contributed by atoms with Crippen molar-refractivity contribution in [3.05, 3.63) is 49.8 Å². The number of unbranched alkanes of at least 4 members (excludes halogenated alkanes) is 3. The fraction of sp³-hybridized carbons (Fsp3) is 0.667. The number of methoxy groups -OCH3 is 2. The molecule has 0 aromatic heterocycles. The highest BCUT2D eigenvalue weighted by Crippen LogP contribution is 2.31. The average molecular weight is 533 g/mol. The van der Waals surface area contributed by atoms with E-state index in [4.69, 9.17) is 19.9 Å². The summed E-state index contributed by atoms with van der Waals surface area (Å²) in [5.74, 6) is 1.97. The summed E-state index contributed by atoms with van der Waals surface area (Å²) >= 11 is 0. The van der Waals surface area contributed by atoms with Crippen molar-refractivity contribution < 1.29 is 19.3 Å². The van der Waals surface area contributed by atoms with E-state index in [-0.39, 0.29) is 12.5 Å². The first-order valence-electron chi connectivity index (χ1n) is 14.0. The molecule has 0 amide bonds. The second-order valence-electron chi connectivity index (χ2n) is 10.6. The molecule has 0 heterocycles. The van der Waals surface area contributed by atoms with Crippen molar-refractivity contribution >= 4 is 5.69 Å². The lowest BCUT2D eigenvalue weighted by Crippen LogP contribution is -2.44. The largest absolute Gasteiger partial charge is 0.493 e. The van der Waals surface area contributed by atoms with Crippen LogP contribution in [-0.4, -0.2) is 51.2 Å². The van der Waals surface area contributed by atoms with Crippen molar-refractivity contribution in [1.82, 2.24) is 0 Å². The van der Waals surface area contributed by atoms with E-state index in [0.29, 0.717) is 54.7 Å². The highest BCUT2D eigenvalue weighted by atomic mass is 16.5. The van der Waals surface area contributed by atoms with Crippen LogP contribution >= 0.6 is 0 Å². The Bertz CT molecular complexity index is 1030. The van der Waals surface area contributed by atoms with Crippen molar-refractivity contribution in [3.63, 3.8) is 0 Å². The predicted octanol–water partition coefficient (Wildman–Crippen LogP) is 3.83. The molecule has 0 aliphatic rings. The minimum Gasteiger partial charge on any atom is -0.493 e. The van der Waals surface area contributed by atoms with Crippen LogP contribution in [0.4, 0.5) is 5.69 Å². The van der Waals surface area contributed by atoms with E-state index in [1.165, 1.54) is 0 Å². The van der Waals surface area contributed by atoms with Gasteiger partial charge in [-0.05, 0) is 55.2 Å². The van der Waals surface area contributed by atoms with Crippen LogP contribution in [0.3, 0.4) is 0 Å².